The van der Waals surface area contributed by atoms with Gasteiger partial charge in [0.1, 0.15) is 11.8 Å². The van der Waals surface area contributed by atoms with E-state index in [4.69, 9.17) is 9.47 Å². The molecule has 0 amide bonds. The molecule has 0 aliphatic rings. The minimum absolute atomic E-state index is 0.344. The Bertz CT molecular complexity index is 601. The molecule has 21 heavy (non-hydrogen) atoms. The standard InChI is InChI=1S/C15H16BrNO3S/c1-19-13-6-5-10(16)8-12(13)14(15(18)20-2)17-9-11-4-3-7-21-11/h3-8,14,17H,9H2,1-2H3. The molecule has 6 heteroatoms. The number of carbonyl (C=O) groups excluding carboxylic acids is 1. The first-order valence-electron chi connectivity index (χ1n) is 6.32. The monoisotopic (exact) mass is 369 g/mol. The van der Waals surface area contributed by atoms with Crippen molar-refractivity contribution in [2.75, 3.05) is 14.2 Å². The first kappa shape index (κ1) is 16.0. The van der Waals surface area contributed by atoms with E-state index in [0.29, 0.717) is 12.3 Å². The van der Waals surface area contributed by atoms with E-state index in [-0.39, 0.29) is 5.97 Å². The lowest BCUT2D eigenvalue weighted by Gasteiger charge is -2.19. The smallest absolute Gasteiger partial charge is 0.327 e. The van der Waals surface area contributed by atoms with E-state index in [1.165, 1.54) is 7.11 Å². The van der Waals surface area contributed by atoms with E-state index in [1.54, 1.807) is 18.4 Å². The number of esters is 1. The van der Waals surface area contributed by atoms with Crippen LogP contribution in [-0.2, 0) is 16.1 Å². The largest absolute Gasteiger partial charge is 0.496 e. The van der Waals surface area contributed by atoms with Gasteiger partial charge in [-0.3, -0.25) is 5.32 Å². The number of hydrogen-bond donors (Lipinski definition) is 1. The number of thiophene rings is 1. The second kappa shape index (κ2) is 7.59. The van der Waals surface area contributed by atoms with Crippen molar-refractivity contribution in [3.8, 4) is 5.75 Å². The molecular formula is C15H16BrNO3S. The van der Waals surface area contributed by atoms with Gasteiger partial charge in [0.05, 0.1) is 14.2 Å². The van der Waals surface area contributed by atoms with Crippen molar-refractivity contribution in [1.82, 2.24) is 5.32 Å². The maximum absolute atomic E-state index is 12.1. The van der Waals surface area contributed by atoms with Crippen LogP contribution in [0.1, 0.15) is 16.5 Å². The van der Waals surface area contributed by atoms with Crippen LogP contribution < -0.4 is 10.1 Å². The Labute approximate surface area is 136 Å². The quantitative estimate of drug-likeness (QED) is 0.791. The van der Waals surface area contributed by atoms with E-state index < -0.39 is 6.04 Å². The summed E-state index contributed by atoms with van der Waals surface area (Å²) in [7, 11) is 2.97. The third-order valence-electron chi connectivity index (χ3n) is 3.00. The Balaban J connectivity index is 2.27. The zero-order valence-electron chi connectivity index (χ0n) is 11.8. The first-order valence-corrected chi connectivity index (χ1v) is 8.00. The lowest BCUT2D eigenvalue weighted by atomic mass is 10.1. The highest BCUT2D eigenvalue weighted by atomic mass is 79.9. The number of benzene rings is 1. The predicted molar refractivity (Wildman–Crippen MR) is 86.6 cm³/mol. The van der Waals surface area contributed by atoms with Gasteiger partial charge < -0.3 is 9.47 Å². The molecule has 0 bridgehead atoms. The van der Waals surface area contributed by atoms with Crippen molar-refractivity contribution in [2.24, 2.45) is 0 Å². The fraction of sp³-hybridized carbons (Fsp3) is 0.267. The van der Waals surface area contributed by atoms with Gasteiger partial charge in [0.25, 0.3) is 0 Å². The number of nitrogens with one attached hydrogen (secondary N) is 1. The first-order chi connectivity index (χ1) is 10.2. The van der Waals surface area contributed by atoms with Crippen LogP contribution in [0, 0.1) is 0 Å². The van der Waals surface area contributed by atoms with Crippen LogP contribution >= 0.6 is 27.3 Å². The highest BCUT2D eigenvalue weighted by Gasteiger charge is 2.24. The number of halogens is 1. The molecule has 0 saturated heterocycles. The van der Waals surface area contributed by atoms with E-state index in [9.17, 15) is 4.79 Å². The van der Waals surface area contributed by atoms with E-state index in [0.717, 1.165) is 14.9 Å². The van der Waals surface area contributed by atoms with Gasteiger partial charge in [0, 0.05) is 21.5 Å². The molecular weight excluding hydrogens is 354 g/mol. The SMILES string of the molecule is COC(=O)C(NCc1cccs1)c1cc(Br)ccc1OC. The summed E-state index contributed by atoms with van der Waals surface area (Å²) in [5, 5.41) is 5.23. The van der Waals surface area contributed by atoms with Crippen molar-refractivity contribution >= 4 is 33.2 Å². The van der Waals surface area contributed by atoms with Gasteiger partial charge in [0.2, 0.25) is 0 Å². The van der Waals surface area contributed by atoms with Crippen LogP contribution in [0.15, 0.2) is 40.2 Å². The Morgan fingerprint density at radius 3 is 2.81 bits per heavy atom. The molecule has 0 spiro atoms. The van der Waals surface area contributed by atoms with Gasteiger partial charge in [0.15, 0.2) is 0 Å². The summed E-state index contributed by atoms with van der Waals surface area (Å²) in [6, 6.07) is 8.98. The average Bonchev–Trinajstić information content (AvgIpc) is 3.00. The lowest BCUT2D eigenvalue weighted by molar-refractivity contribution is -0.143. The van der Waals surface area contributed by atoms with Crippen LogP contribution in [0.25, 0.3) is 0 Å². The summed E-state index contributed by atoms with van der Waals surface area (Å²) in [6.07, 6.45) is 0. The summed E-state index contributed by atoms with van der Waals surface area (Å²) < 4.78 is 11.1. The second-order valence-electron chi connectivity index (χ2n) is 4.30. The minimum Gasteiger partial charge on any atom is -0.496 e. The van der Waals surface area contributed by atoms with Gasteiger partial charge in [-0.2, -0.15) is 0 Å². The van der Waals surface area contributed by atoms with Crippen molar-refractivity contribution in [3.05, 3.63) is 50.6 Å². The van der Waals surface area contributed by atoms with Crippen molar-refractivity contribution < 1.29 is 14.3 Å². The minimum atomic E-state index is -0.579. The maximum atomic E-state index is 12.1. The highest BCUT2D eigenvalue weighted by Crippen LogP contribution is 2.29. The summed E-state index contributed by atoms with van der Waals surface area (Å²) in [5.74, 6) is 0.301. The zero-order valence-corrected chi connectivity index (χ0v) is 14.2. The van der Waals surface area contributed by atoms with E-state index in [2.05, 4.69) is 21.2 Å². The van der Waals surface area contributed by atoms with E-state index in [1.807, 2.05) is 35.7 Å². The van der Waals surface area contributed by atoms with Crippen LogP contribution in [0.4, 0.5) is 0 Å². The van der Waals surface area contributed by atoms with Gasteiger partial charge >= 0.3 is 5.97 Å². The summed E-state index contributed by atoms with van der Waals surface area (Å²) >= 11 is 5.06. The van der Waals surface area contributed by atoms with Crippen LogP contribution in [-0.4, -0.2) is 20.2 Å². The molecule has 0 aliphatic heterocycles. The topological polar surface area (TPSA) is 47.6 Å². The highest BCUT2D eigenvalue weighted by molar-refractivity contribution is 9.10. The summed E-state index contributed by atoms with van der Waals surface area (Å²) in [5.41, 5.74) is 0.746. The van der Waals surface area contributed by atoms with Gasteiger partial charge in [-0.05, 0) is 29.6 Å². The van der Waals surface area contributed by atoms with Gasteiger partial charge in [-0.25, -0.2) is 4.79 Å². The van der Waals surface area contributed by atoms with Crippen molar-refractivity contribution in [1.29, 1.82) is 0 Å². The summed E-state index contributed by atoms with van der Waals surface area (Å²) in [4.78, 5) is 13.3. The van der Waals surface area contributed by atoms with Crippen LogP contribution in [0.3, 0.4) is 0 Å². The third kappa shape index (κ3) is 4.06. The molecule has 0 radical (unpaired) electrons. The molecule has 112 valence electrons. The lowest BCUT2D eigenvalue weighted by Crippen LogP contribution is -2.29. The Morgan fingerprint density at radius 2 is 2.19 bits per heavy atom. The molecule has 1 atom stereocenters. The number of rotatable bonds is 6. The van der Waals surface area contributed by atoms with Gasteiger partial charge in [-0.15, -0.1) is 11.3 Å². The molecule has 1 aromatic heterocycles. The molecule has 1 aromatic carbocycles. The number of hydrogen-bond acceptors (Lipinski definition) is 5. The molecule has 4 nitrogen and oxygen atoms in total. The Hall–Kier alpha value is -1.37. The third-order valence-corrected chi connectivity index (χ3v) is 4.37. The fourth-order valence-electron chi connectivity index (χ4n) is 1.98. The molecule has 1 N–H and O–H groups in total. The molecule has 0 saturated carbocycles. The maximum Gasteiger partial charge on any atom is 0.327 e. The average molecular weight is 370 g/mol. The normalized spacial score (nSPS) is 12.0. The van der Waals surface area contributed by atoms with E-state index >= 15 is 0 Å². The molecule has 0 fully saturated rings. The number of ether oxygens (including phenoxy) is 2. The second-order valence-corrected chi connectivity index (χ2v) is 6.25. The zero-order chi connectivity index (χ0) is 15.2. The molecule has 1 heterocycles. The van der Waals surface area contributed by atoms with Gasteiger partial charge in [-0.1, -0.05) is 22.0 Å². The van der Waals surface area contributed by atoms with Crippen LogP contribution in [0.5, 0.6) is 5.75 Å². The van der Waals surface area contributed by atoms with Crippen LogP contribution in [0.2, 0.25) is 0 Å². The molecule has 2 rings (SSSR count). The van der Waals surface area contributed by atoms with Crippen molar-refractivity contribution in [3.63, 3.8) is 0 Å². The predicted octanol–water partition coefficient (Wildman–Crippen LogP) is 3.52. The van der Waals surface area contributed by atoms with Crippen molar-refractivity contribution in [2.45, 2.75) is 12.6 Å². The molecule has 2 aromatic rings. The summed E-state index contributed by atoms with van der Waals surface area (Å²) in [6.45, 7) is 0.590. The number of methoxy groups -OCH3 is 2. The molecule has 0 aliphatic carbocycles. The molecule has 1 unspecified atom stereocenters. The Morgan fingerprint density at radius 1 is 1.38 bits per heavy atom. The fourth-order valence-corrected chi connectivity index (χ4v) is 3.02. The number of carbonyl (C=O) groups is 1. The Kier molecular flexibility index (Phi) is 5.78.